The van der Waals surface area contributed by atoms with Crippen LogP contribution in [0, 0.1) is 5.92 Å². The van der Waals surface area contributed by atoms with Gasteiger partial charge >= 0.3 is 5.97 Å². The number of carbonyl (C=O) groups is 3. The van der Waals surface area contributed by atoms with E-state index in [1.807, 2.05) is 0 Å². The number of hydrogen-bond donors (Lipinski definition) is 1. The van der Waals surface area contributed by atoms with E-state index in [2.05, 4.69) is 5.32 Å². The Bertz CT molecular complexity index is 259. The molecular formula is C10H15NO4. The second-order valence-electron chi connectivity index (χ2n) is 3.40. The highest BCUT2D eigenvalue weighted by molar-refractivity contribution is 6.03. The van der Waals surface area contributed by atoms with Gasteiger partial charge in [0, 0.05) is 19.4 Å². The van der Waals surface area contributed by atoms with Gasteiger partial charge in [-0.1, -0.05) is 0 Å². The molecule has 5 heteroatoms. The van der Waals surface area contributed by atoms with Gasteiger partial charge in [0.05, 0.1) is 12.5 Å². The van der Waals surface area contributed by atoms with Crippen LogP contribution in [0.5, 0.6) is 0 Å². The Morgan fingerprint density at radius 3 is 2.87 bits per heavy atom. The Balaban J connectivity index is 2.39. The van der Waals surface area contributed by atoms with E-state index in [4.69, 9.17) is 4.74 Å². The third-order valence-electron chi connectivity index (χ3n) is 2.32. The molecule has 1 rings (SSSR count). The molecule has 0 bridgehead atoms. The monoisotopic (exact) mass is 213 g/mol. The molecule has 0 saturated carbocycles. The van der Waals surface area contributed by atoms with Crippen LogP contribution in [0.15, 0.2) is 0 Å². The summed E-state index contributed by atoms with van der Waals surface area (Å²) in [6, 6.07) is 0. The minimum atomic E-state index is -0.664. The molecular weight excluding hydrogens is 198 g/mol. The van der Waals surface area contributed by atoms with Crippen molar-refractivity contribution in [1.82, 2.24) is 5.32 Å². The maximum absolute atomic E-state index is 11.4. The Kier molecular flexibility index (Phi) is 4.27. The molecule has 1 unspecified atom stereocenters. The van der Waals surface area contributed by atoms with Gasteiger partial charge in [-0.25, -0.2) is 0 Å². The van der Waals surface area contributed by atoms with Gasteiger partial charge in [0.15, 0.2) is 0 Å². The molecule has 0 radical (unpaired) electrons. The molecule has 1 aliphatic rings. The number of carbonyl (C=O) groups excluding carboxylic acids is 3. The zero-order valence-electron chi connectivity index (χ0n) is 8.75. The highest BCUT2D eigenvalue weighted by Crippen LogP contribution is 2.14. The molecule has 0 aromatic carbocycles. The van der Waals surface area contributed by atoms with Crippen LogP contribution < -0.4 is 5.32 Å². The van der Waals surface area contributed by atoms with E-state index >= 15 is 0 Å². The van der Waals surface area contributed by atoms with Crippen LogP contribution in [0.25, 0.3) is 0 Å². The van der Waals surface area contributed by atoms with Crippen molar-refractivity contribution in [3.05, 3.63) is 0 Å². The van der Waals surface area contributed by atoms with Crippen molar-refractivity contribution in [2.24, 2.45) is 5.92 Å². The number of esters is 1. The van der Waals surface area contributed by atoms with Gasteiger partial charge in [-0.15, -0.1) is 0 Å². The van der Waals surface area contributed by atoms with E-state index in [0.29, 0.717) is 19.6 Å². The number of hydrogen-bond acceptors (Lipinski definition) is 4. The Morgan fingerprint density at radius 2 is 2.27 bits per heavy atom. The zero-order chi connectivity index (χ0) is 11.3. The number of ketones is 1. The summed E-state index contributed by atoms with van der Waals surface area (Å²) in [7, 11) is 0. The summed E-state index contributed by atoms with van der Waals surface area (Å²) in [4.78, 5) is 33.7. The Labute approximate surface area is 88.2 Å². The average molecular weight is 213 g/mol. The van der Waals surface area contributed by atoms with Crippen LogP contribution in [0.2, 0.25) is 0 Å². The SMILES string of the molecule is CCOC(=O)CCC1C(=O)CCNC1=O. The van der Waals surface area contributed by atoms with Gasteiger partial charge in [-0.2, -0.15) is 0 Å². The number of rotatable bonds is 4. The molecule has 0 spiro atoms. The van der Waals surface area contributed by atoms with E-state index in [-0.39, 0.29) is 30.5 Å². The van der Waals surface area contributed by atoms with Crippen LogP contribution in [0.1, 0.15) is 26.2 Å². The molecule has 1 saturated heterocycles. The number of nitrogens with one attached hydrogen (secondary N) is 1. The van der Waals surface area contributed by atoms with Crippen molar-refractivity contribution >= 4 is 17.7 Å². The van der Waals surface area contributed by atoms with Crippen molar-refractivity contribution in [2.45, 2.75) is 26.2 Å². The normalized spacial score (nSPS) is 21.0. The van der Waals surface area contributed by atoms with Crippen LogP contribution in [0.3, 0.4) is 0 Å². The standard InChI is InChI=1S/C10H15NO4/c1-2-15-9(13)4-3-7-8(12)5-6-11-10(7)14/h7H,2-6H2,1H3,(H,11,14). The summed E-state index contributed by atoms with van der Waals surface area (Å²) in [5.74, 6) is -1.37. The molecule has 5 nitrogen and oxygen atoms in total. The van der Waals surface area contributed by atoms with Gasteiger partial charge in [0.1, 0.15) is 5.78 Å². The summed E-state index contributed by atoms with van der Waals surface area (Å²) in [5, 5.41) is 2.61. The predicted octanol–water partition coefficient (Wildman–Crippen LogP) is 0.0349. The van der Waals surface area contributed by atoms with Crippen molar-refractivity contribution in [2.75, 3.05) is 13.2 Å². The van der Waals surface area contributed by atoms with E-state index in [9.17, 15) is 14.4 Å². The van der Waals surface area contributed by atoms with Crippen molar-refractivity contribution in [3.63, 3.8) is 0 Å². The van der Waals surface area contributed by atoms with Crippen LogP contribution in [-0.4, -0.2) is 30.8 Å². The third kappa shape index (κ3) is 3.34. The van der Waals surface area contributed by atoms with E-state index < -0.39 is 5.92 Å². The molecule has 1 N–H and O–H groups in total. The quantitative estimate of drug-likeness (QED) is 0.528. The van der Waals surface area contributed by atoms with Gasteiger partial charge in [0.2, 0.25) is 5.91 Å². The van der Waals surface area contributed by atoms with Crippen LogP contribution in [-0.2, 0) is 19.1 Å². The molecule has 0 aliphatic carbocycles. The van der Waals surface area contributed by atoms with Gasteiger partial charge in [-0.05, 0) is 13.3 Å². The number of Topliss-reactive ketones (excluding diaryl/α,β-unsaturated/α-hetero) is 1. The lowest BCUT2D eigenvalue weighted by atomic mass is 9.92. The first kappa shape index (κ1) is 11.7. The molecule has 15 heavy (non-hydrogen) atoms. The topological polar surface area (TPSA) is 72.5 Å². The molecule has 1 heterocycles. The fraction of sp³-hybridized carbons (Fsp3) is 0.700. The second kappa shape index (κ2) is 5.48. The minimum absolute atomic E-state index is 0.0805. The van der Waals surface area contributed by atoms with Gasteiger partial charge in [0.25, 0.3) is 0 Å². The van der Waals surface area contributed by atoms with Crippen LogP contribution >= 0.6 is 0 Å². The first-order chi connectivity index (χ1) is 7.15. The molecule has 0 aromatic heterocycles. The van der Waals surface area contributed by atoms with Crippen molar-refractivity contribution in [1.29, 1.82) is 0 Å². The lowest BCUT2D eigenvalue weighted by molar-refractivity contribution is -0.144. The molecule has 1 atom stereocenters. The zero-order valence-corrected chi connectivity index (χ0v) is 8.75. The highest BCUT2D eigenvalue weighted by Gasteiger charge is 2.30. The summed E-state index contributed by atoms with van der Waals surface area (Å²) < 4.78 is 4.72. The Hall–Kier alpha value is -1.39. The van der Waals surface area contributed by atoms with Crippen molar-refractivity contribution in [3.8, 4) is 0 Å². The summed E-state index contributed by atoms with van der Waals surface area (Å²) in [5.41, 5.74) is 0. The van der Waals surface area contributed by atoms with Crippen molar-refractivity contribution < 1.29 is 19.1 Å². The predicted molar refractivity (Wildman–Crippen MR) is 52.0 cm³/mol. The average Bonchev–Trinajstić information content (AvgIpc) is 2.17. The summed E-state index contributed by atoms with van der Waals surface area (Å²) in [6.07, 6.45) is 0.737. The molecule has 1 amide bonds. The Morgan fingerprint density at radius 1 is 1.53 bits per heavy atom. The van der Waals surface area contributed by atoms with E-state index in [0.717, 1.165) is 0 Å². The largest absolute Gasteiger partial charge is 0.466 e. The van der Waals surface area contributed by atoms with E-state index in [1.165, 1.54) is 0 Å². The number of ether oxygens (including phenoxy) is 1. The van der Waals surface area contributed by atoms with Gasteiger partial charge < -0.3 is 10.1 Å². The maximum atomic E-state index is 11.4. The first-order valence-corrected chi connectivity index (χ1v) is 5.11. The second-order valence-corrected chi connectivity index (χ2v) is 3.40. The summed E-state index contributed by atoms with van der Waals surface area (Å²) >= 11 is 0. The van der Waals surface area contributed by atoms with Gasteiger partial charge in [-0.3, -0.25) is 14.4 Å². The fourth-order valence-corrected chi connectivity index (χ4v) is 1.54. The molecule has 84 valence electrons. The first-order valence-electron chi connectivity index (χ1n) is 5.11. The van der Waals surface area contributed by atoms with E-state index in [1.54, 1.807) is 6.92 Å². The fourth-order valence-electron chi connectivity index (χ4n) is 1.54. The number of piperidine rings is 1. The molecule has 1 aliphatic heterocycles. The maximum Gasteiger partial charge on any atom is 0.305 e. The third-order valence-corrected chi connectivity index (χ3v) is 2.32. The highest BCUT2D eigenvalue weighted by atomic mass is 16.5. The molecule has 1 fully saturated rings. The summed E-state index contributed by atoms with van der Waals surface area (Å²) in [6.45, 7) is 2.45. The molecule has 0 aromatic rings. The van der Waals surface area contributed by atoms with Crippen LogP contribution in [0.4, 0.5) is 0 Å². The number of amides is 1. The lowest BCUT2D eigenvalue weighted by Gasteiger charge is -2.20. The minimum Gasteiger partial charge on any atom is -0.466 e. The lowest BCUT2D eigenvalue weighted by Crippen LogP contribution is -2.42. The smallest absolute Gasteiger partial charge is 0.305 e.